The lowest BCUT2D eigenvalue weighted by atomic mass is 9.56. The number of ether oxygens (including phenoxy) is 1. The van der Waals surface area contributed by atoms with Crippen LogP contribution in [0.25, 0.3) is 0 Å². The van der Waals surface area contributed by atoms with E-state index in [4.69, 9.17) is 27.9 Å². The zero-order chi connectivity index (χ0) is 27.9. The molecule has 3 heterocycles. The highest BCUT2D eigenvalue weighted by atomic mass is 79.9. The number of alkyl halides is 3. The number of nitrogens with zero attached hydrogens (tertiary/aromatic N) is 2. The Morgan fingerprint density at radius 2 is 1.87 bits per heavy atom. The van der Waals surface area contributed by atoms with E-state index in [-0.39, 0.29) is 48.2 Å². The summed E-state index contributed by atoms with van der Waals surface area (Å²) in [6.45, 7) is 0.180. The van der Waals surface area contributed by atoms with Gasteiger partial charge in [-0.25, -0.2) is 0 Å². The van der Waals surface area contributed by atoms with Gasteiger partial charge in [-0.15, -0.1) is 34.5 Å². The van der Waals surface area contributed by atoms with Crippen LogP contribution < -0.4 is 4.74 Å². The fourth-order valence-corrected chi connectivity index (χ4v) is 8.93. The van der Waals surface area contributed by atoms with Gasteiger partial charge in [0, 0.05) is 22.4 Å². The van der Waals surface area contributed by atoms with Crippen LogP contribution in [0, 0.1) is 17.8 Å². The summed E-state index contributed by atoms with van der Waals surface area (Å²) >= 11 is 19.1. The average molecular weight is 654 g/mol. The van der Waals surface area contributed by atoms with Gasteiger partial charge in [0.15, 0.2) is 9.75 Å². The molecule has 0 bridgehead atoms. The molecule has 2 aliphatic heterocycles. The van der Waals surface area contributed by atoms with E-state index < -0.39 is 45.2 Å². The number of aromatic hydroxyl groups is 1. The van der Waals surface area contributed by atoms with Gasteiger partial charge in [-0.3, -0.25) is 29.0 Å². The predicted octanol–water partition coefficient (Wildman–Crippen LogP) is 4.37. The number of likely N-dealkylation sites (tertiary alicyclic amines) is 2. The Kier molecular flexibility index (Phi) is 6.41. The van der Waals surface area contributed by atoms with E-state index in [1.54, 1.807) is 6.07 Å². The number of imide groups is 2. The van der Waals surface area contributed by atoms with Crippen molar-refractivity contribution in [3.8, 4) is 11.5 Å². The molecule has 6 atom stereocenters. The average Bonchev–Trinajstić information content (AvgIpc) is 3.56. The fraction of sp³-hybridized carbons (Fsp3) is 0.407. The van der Waals surface area contributed by atoms with E-state index in [0.29, 0.717) is 11.1 Å². The lowest BCUT2D eigenvalue weighted by molar-refractivity contribution is -0.141. The number of rotatable bonds is 5. The number of thiophene rings is 1. The third-order valence-corrected chi connectivity index (χ3v) is 11.3. The van der Waals surface area contributed by atoms with Crippen LogP contribution in [0.3, 0.4) is 0 Å². The Morgan fingerprint density at radius 3 is 2.54 bits per heavy atom. The van der Waals surface area contributed by atoms with Gasteiger partial charge in [0.25, 0.3) is 11.8 Å². The van der Waals surface area contributed by atoms with Crippen LogP contribution in [0.2, 0.25) is 0 Å². The van der Waals surface area contributed by atoms with Gasteiger partial charge in [-0.2, -0.15) is 0 Å². The van der Waals surface area contributed by atoms with Crippen molar-refractivity contribution in [2.24, 2.45) is 17.8 Å². The van der Waals surface area contributed by atoms with E-state index in [1.165, 1.54) is 35.5 Å². The minimum Gasteiger partial charge on any atom is -0.508 e. The second-order valence-corrected chi connectivity index (χ2v) is 13.0. The molecule has 3 fully saturated rings. The molecule has 4 amide bonds. The minimum absolute atomic E-state index is 0.0573. The third-order valence-electron chi connectivity index (χ3n) is 8.53. The summed E-state index contributed by atoms with van der Waals surface area (Å²) in [6, 6.07) is 8.18. The van der Waals surface area contributed by atoms with Gasteiger partial charge in [0.05, 0.1) is 30.9 Å². The van der Waals surface area contributed by atoms with E-state index in [9.17, 15) is 24.3 Å². The molecule has 0 radical (unpaired) electrons. The lowest BCUT2D eigenvalue weighted by Crippen LogP contribution is -2.60. The smallest absolute Gasteiger partial charge is 0.254 e. The van der Waals surface area contributed by atoms with Crippen molar-refractivity contribution in [3.05, 3.63) is 57.8 Å². The van der Waals surface area contributed by atoms with Gasteiger partial charge in [0.1, 0.15) is 11.5 Å². The van der Waals surface area contributed by atoms with Crippen LogP contribution in [0.1, 0.15) is 29.2 Å². The summed E-state index contributed by atoms with van der Waals surface area (Å²) in [5.41, 5.74) is 1.02. The van der Waals surface area contributed by atoms with Crippen molar-refractivity contribution in [1.82, 2.24) is 9.80 Å². The van der Waals surface area contributed by atoms with Gasteiger partial charge in [0.2, 0.25) is 11.8 Å². The van der Waals surface area contributed by atoms with Crippen molar-refractivity contribution in [3.63, 3.8) is 0 Å². The number of phenols is 1. The summed E-state index contributed by atoms with van der Waals surface area (Å²) < 4.78 is 5.57. The van der Waals surface area contributed by atoms with Crippen LogP contribution in [0.5, 0.6) is 11.5 Å². The molecule has 1 aromatic carbocycles. The number of amides is 4. The Balaban J connectivity index is 1.52. The van der Waals surface area contributed by atoms with Gasteiger partial charge < -0.3 is 9.84 Å². The number of fused-ring (bicyclic) bond motifs is 4. The predicted molar refractivity (Wildman–Crippen MR) is 148 cm³/mol. The normalized spacial score (nSPS) is 33.7. The summed E-state index contributed by atoms with van der Waals surface area (Å²) in [5, 5.41) is 12.0. The number of halogens is 3. The van der Waals surface area contributed by atoms with Crippen LogP contribution >= 0.6 is 50.5 Å². The first-order chi connectivity index (χ1) is 18.6. The number of hydrogen-bond acceptors (Lipinski definition) is 7. The molecule has 204 valence electrons. The maximum atomic E-state index is 13.9. The Labute approximate surface area is 246 Å². The number of methoxy groups -OCH3 is 1. The van der Waals surface area contributed by atoms with E-state index in [0.717, 1.165) is 9.78 Å². The van der Waals surface area contributed by atoms with Crippen molar-refractivity contribution in [2.45, 2.75) is 35.1 Å². The van der Waals surface area contributed by atoms with E-state index >= 15 is 0 Å². The summed E-state index contributed by atoms with van der Waals surface area (Å²) in [7, 11) is 1.42. The number of hydrogen-bond donors (Lipinski definition) is 1. The zero-order valence-corrected chi connectivity index (χ0v) is 24.5. The van der Waals surface area contributed by atoms with Crippen molar-refractivity contribution in [2.75, 3.05) is 12.6 Å². The number of carbonyl (C=O) groups excluding carboxylic acids is 4. The highest BCUT2D eigenvalue weighted by Crippen LogP contribution is 2.66. The molecule has 6 rings (SSSR count). The first-order valence-corrected chi connectivity index (χ1v) is 15.1. The summed E-state index contributed by atoms with van der Waals surface area (Å²) in [6.07, 6.45) is 2.07. The molecule has 6 unspecified atom stereocenters. The van der Waals surface area contributed by atoms with Crippen LogP contribution in [-0.4, -0.2) is 60.8 Å². The molecule has 8 nitrogen and oxygen atoms in total. The Bertz CT molecular complexity index is 1450. The molecule has 1 saturated carbocycles. The topological polar surface area (TPSA) is 104 Å². The molecule has 39 heavy (non-hydrogen) atoms. The maximum absolute atomic E-state index is 13.9. The second-order valence-electron chi connectivity index (χ2n) is 10.3. The first kappa shape index (κ1) is 26.8. The van der Waals surface area contributed by atoms with E-state index in [1.807, 2.05) is 23.6 Å². The molecule has 12 heteroatoms. The molecule has 0 spiro atoms. The summed E-state index contributed by atoms with van der Waals surface area (Å²) in [4.78, 5) is 54.2. The van der Waals surface area contributed by atoms with E-state index in [2.05, 4.69) is 15.9 Å². The summed E-state index contributed by atoms with van der Waals surface area (Å²) in [5.74, 6) is -4.61. The highest BCUT2D eigenvalue weighted by Gasteiger charge is 2.76. The second kappa shape index (κ2) is 9.33. The Hall–Kier alpha value is -2.40. The number of carbonyl (C=O) groups is 4. The SMILES string of the molecule is COc1cc(O)ccc1C1C2=CCC3C(=O)N(Cc4cccs4)C(=O)C3C2CC2(Cl)C(=O)N(CBr)C(=O)C12Cl. The quantitative estimate of drug-likeness (QED) is 0.222. The lowest BCUT2D eigenvalue weighted by Gasteiger charge is -2.51. The van der Waals surface area contributed by atoms with Crippen LogP contribution in [0.4, 0.5) is 0 Å². The van der Waals surface area contributed by atoms with Crippen molar-refractivity contribution in [1.29, 1.82) is 0 Å². The molecule has 2 aliphatic carbocycles. The molecule has 1 N–H and O–H groups in total. The Morgan fingerprint density at radius 1 is 1.10 bits per heavy atom. The monoisotopic (exact) mass is 652 g/mol. The molecular formula is C27H23BrCl2N2O6S. The molecule has 1 aromatic heterocycles. The molecular weight excluding hydrogens is 631 g/mol. The fourth-order valence-electron chi connectivity index (χ4n) is 6.82. The largest absolute Gasteiger partial charge is 0.508 e. The highest BCUT2D eigenvalue weighted by molar-refractivity contribution is 9.09. The third kappa shape index (κ3) is 3.54. The molecule has 2 saturated heterocycles. The zero-order valence-electron chi connectivity index (χ0n) is 20.6. The van der Waals surface area contributed by atoms with Crippen LogP contribution in [0.15, 0.2) is 47.4 Å². The number of phenolic OH excluding ortho intramolecular Hbond substituents is 1. The van der Waals surface area contributed by atoms with Gasteiger partial charge in [-0.05, 0) is 36.3 Å². The van der Waals surface area contributed by atoms with Crippen molar-refractivity contribution >= 4 is 74.1 Å². The molecule has 2 aromatic rings. The van der Waals surface area contributed by atoms with Crippen LogP contribution in [-0.2, 0) is 25.7 Å². The number of allylic oxidation sites excluding steroid dienone is 2. The number of benzene rings is 1. The minimum atomic E-state index is -1.93. The maximum Gasteiger partial charge on any atom is 0.254 e. The standard InChI is InChI=1S/C27H23BrCl2N2O6S/c1-38-19-9-13(33)4-5-16(19)21-15-6-7-17-20(23(35)31(22(17)34)11-14-3-2-8-39-14)18(15)10-26(29)24(36)32(12-28)25(37)27(21,26)30/h2-6,8-9,17-18,20-21,33H,7,10-12H2,1H3. The van der Waals surface area contributed by atoms with Gasteiger partial charge >= 0.3 is 0 Å². The first-order valence-electron chi connectivity index (χ1n) is 12.3. The van der Waals surface area contributed by atoms with Gasteiger partial charge in [-0.1, -0.05) is 39.7 Å². The molecule has 4 aliphatic rings. The van der Waals surface area contributed by atoms with Crippen molar-refractivity contribution < 1.29 is 29.0 Å².